The summed E-state index contributed by atoms with van der Waals surface area (Å²) in [5.41, 5.74) is 2.50. The van der Waals surface area contributed by atoms with Gasteiger partial charge in [0.1, 0.15) is 11.8 Å². The molecule has 0 N–H and O–H groups in total. The van der Waals surface area contributed by atoms with Crippen molar-refractivity contribution in [1.82, 2.24) is 14.9 Å². The first-order chi connectivity index (χ1) is 15.3. The maximum absolute atomic E-state index is 13.0. The minimum atomic E-state index is -4.38. The number of aryl methyl sites for hydroxylation is 1. The van der Waals surface area contributed by atoms with Crippen molar-refractivity contribution in [2.75, 3.05) is 19.7 Å². The number of pyridine rings is 2. The fourth-order valence-electron chi connectivity index (χ4n) is 3.79. The quantitative estimate of drug-likeness (QED) is 0.594. The van der Waals surface area contributed by atoms with E-state index in [1.807, 2.05) is 19.1 Å². The Balaban J connectivity index is 1.53. The summed E-state index contributed by atoms with van der Waals surface area (Å²) in [6, 6.07) is 14.2. The van der Waals surface area contributed by atoms with Crippen LogP contribution in [0.25, 0.3) is 0 Å². The van der Waals surface area contributed by atoms with Crippen molar-refractivity contribution in [2.45, 2.75) is 25.6 Å². The predicted molar refractivity (Wildman–Crippen MR) is 112 cm³/mol. The van der Waals surface area contributed by atoms with Crippen LogP contribution in [-0.2, 0) is 17.3 Å². The number of amides is 1. The molecule has 1 fully saturated rings. The van der Waals surface area contributed by atoms with Crippen LogP contribution in [0.1, 0.15) is 44.7 Å². The Bertz CT molecular complexity index is 1100. The maximum Gasteiger partial charge on any atom is 0.416 e. The van der Waals surface area contributed by atoms with Gasteiger partial charge in [0.25, 0.3) is 5.91 Å². The van der Waals surface area contributed by atoms with Gasteiger partial charge in [-0.25, -0.2) is 0 Å². The van der Waals surface area contributed by atoms with Crippen molar-refractivity contribution < 1.29 is 22.7 Å². The lowest BCUT2D eigenvalue weighted by Crippen LogP contribution is -2.42. The Morgan fingerprint density at radius 3 is 2.72 bits per heavy atom. The van der Waals surface area contributed by atoms with Crippen molar-refractivity contribution in [2.24, 2.45) is 0 Å². The second-order valence-corrected chi connectivity index (χ2v) is 7.74. The molecule has 0 unspecified atom stereocenters. The summed E-state index contributed by atoms with van der Waals surface area (Å²) < 4.78 is 45.0. The highest BCUT2D eigenvalue weighted by Gasteiger charge is 2.30. The summed E-state index contributed by atoms with van der Waals surface area (Å²) in [6.07, 6.45) is -2.89. The van der Waals surface area contributed by atoms with Gasteiger partial charge in [-0.3, -0.25) is 14.8 Å². The first kappa shape index (κ1) is 22.0. The van der Waals surface area contributed by atoms with E-state index in [0.29, 0.717) is 43.1 Å². The van der Waals surface area contributed by atoms with Crippen molar-refractivity contribution >= 4 is 5.91 Å². The number of carbonyl (C=O) groups is 1. The number of alkyl halides is 3. The number of nitrogens with zero attached hydrogens (tertiary/aromatic N) is 3. The molecule has 1 aromatic carbocycles. The number of hydrogen-bond donors (Lipinski definition) is 0. The zero-order chi connectivity index (χ0) is 22.7. The SMILES string of the molecule is Cc1cc(Cc2cccc(C(F)(F)F)c2)cc([C@@H]2CN(C(=O)c3ccccn3)CCO2)n1. The van der Waals surface area contributed by atoms with E-state index in [2.05, 4.69) is 9.97 Å². The van der Waals surface area contributed by atoms with Gasteiger partial charge in [-0.1, -0.05) is 24.3 Å². The van der Waals surface area contributed by atoms with Gasteiger partial charge in [0.05, 0.1) is 24.4 Å². The standard InChI is InChI=1S/C24H22F3N3O2/c1-16-11-18(12-17-5-4-6-19(13-17)24(25,26)27)14-21(29-16)22-15-30(9-10-32-22)23(31)20-7-2-3-8-28-20/h2-8,11,13-14,22H,9-10,12,15H2,1H3/t22-/m0/s1. The van der Waals surface area contributed by atoms with Gasteiger partial charge in [-0.05, 0) is 54.8 Å². The molecule has 0 spiro atoms. The fraction of sp³-hybridized carbons (Fsp3) is 0.292. The summed E-state index contributed by atoms with van der Waals surface area (Å²) in [5.74, 6) is -0.171. The third-order valence-corrected chi connectivity index (χ3v) is 5.26. The second-order valence-electron chi connectivity index (χ2n) is 7.74. The number of morpholine rings is 1. The summed E-state index contributed by atoms with van der Waals surface area (Å²) >= 11 is 0. The molecule has 0 saturated carbocycles. The van der Waals surface area contributed by atoms with E-state index in [4.69, 9.17) is 4.74 Å². The molecule has 0 aliphatic carbocycles. The van der Waals surface area contributed by atoms with Crippen LogP contribution in [0.5, 0.6) is 0 Å². The van der Waals surface area contributed by atoms with Gasteiger partial charge in [0.2, 0.25) is 0 Å². The largest absolute Gasteiger partial charge is 0.416 e. The average Bonchev–Trinajstić information content (AvgIpc) is 2.78. The smallest absolute Gasteiger partial charge is 0.368 e. The fourth-order valence-corrected chi connectivity index (χ4v) is 3.79. The highest BCUT2D eigenvalue weighted by Crippen LogP contribution is 2.30. The predicted octanol–water partition coefficient (Wildman–Crippen LogP) is 4.61. The minimum absolute atomic E-state index is 0.171. The molecular weight excluding hydrogens is 419 g/mol. The van der Waals surface area contributed by atoms with Crippen molar-refractivity contribution in [3.63, 3.8) is 0 Å². The van der Waals surface area contributed by atoms with Crippen molar-refractivity contribution in [3.05, 3.63) is 94.6 Å². The summed E-state index contributed by atoms with van der Waals surface area (Å²) in [4.78, 5) is 23.1. The number of benzene rings is 1. The zero-order valence-electron chi connectivity index (χ0n) is 17.5. The van der Waals surface area contributed by atoms with E-state index >= 15 is 0 Å². The van der Waals surface area contributed by atoms with E-state index in [0.717, 1.165) is 17.3 Å². The molecule has 8 heteroatoms. The highest BCUT2D eigenvalue weighted by atomic mass is 19.4. The minimum Gasteiger partial charge on any atom is -0.368 e. The first-order valence-corrected chi connectivity index (χ1v) is 10.2. The van der Waals surface area contributed by atoms with Gasteiger partial charge in [-0.15, -0.1) is 0 Å². The molecule has 3 aromatic rings. The molecule has 1 saturated heterocycles. The average molecular weight is 441 g/mol. The molecule has 1 aliphatic heterocycles. The molecule has 1 aliphatic rings. The lowest BCUT2D eigenvalue weighted by Gasteiger charge is -2.32. The van der Waals surface area contributed by atoms with Gasteiger partial charge >= 0.3 is 6.18 Å². The van der Waals surface area contributed by atoms with Crippen LogP contribution in [0.3, 0.4) is 0 Å². The lowest BCUT2D eigenvalue weighted by molar-refractivity contribution is -0.137. The van der Waals surface area contributed by atoms with E-state index in [-0.39, 0.29) is 5.91 Å². The van der Waals surface area contributed by atoms with Gasteiger partial charge < -0.3 is 9.64 Å². The number of ether oxygens (including phenoxy) is 1. The molecule has 1 atom stereocenters. The normalized spacial score (nSPS) is 16.8. The number of halogens is 3. The van der Waals surface area contributed by atoms with Gasteiger partial charge in [0.15, 0.2) is 0 Å². The van der Waals surface area contributed by atoms with E-state index < -0.39 is 17.8 Å². The summed E-state index contributed by atoms with van der Waals surface area (Å²) in [5, 5.41) is 0. The molecule has 3 heterocycles. The molecule has 4 rings (SSSR count). The van der Waals surface area contributed by atoms with Crippen LogP contribution in [0.4, 0.5) is 13.2 Å². The summed E-state index contributed by atoms with van der Waals surface area (Å²) in [6.45, 7) is 2.98. The Hall–Kier alpha value is -3.26. The Kier molecular flexibility index (Phi) is 6.23. The molecule has 166 valence electrons. The van der Waals surface area contributed by atoms with Crippen LogP contribution in [-0.4, -0.2) is 40.5 Å². The molecule has 0 radical (unpaired) electrons. The molecular formula is C24H22F3N3O2. The zero-order valence-corrected chi connectivity index (χ0v) is 17.5. The molecule has 5 nitrogen and oxygen atoms in total. The topological polar surface area (TPSA) is 55.3 Å². The van der Waals surface area contributed by atoms with Crippen LogP contribution in [0, 0.1) is 6.92 Å². The Morgan fingerprint density at radius 1 is 1.12 bits per heavy atom. The summed E-state index contributed by atoms with van der Waals surface area (Å²) in [7, 11) is 0. The van der Waals surface area contributed by atoms with E-state index in [1.165, 1.54) is 12.1 Å². The van der Waals surface area contributed by atoms with Crippen molar-refractivity contribution in [3.8, 4) is 0 Å². The van der Waals surface area contributed by atoms with Crippen LogP contribution < -0.4 is 0 Å². The van der Waals surface area contributed by atoms with Crippen LogP contribution in [0.15, 0.2) is 60.8 Å². The third kappa shape index (κ3) is 5.13. The number of carbonyl (C=O) groups excluding carboxylic acids is 1. The number of rotatable bonds is 4. The van der Waals surface area contributed by atoms with E-state index in [9.17, 15) is 18.0 Å². The number of aromatic nitrogens is 2. The van der Waals surface area contributed by atoms with Gasteiger partial charge in [-0.2, -0.15) is 13.2 Å². The van der Waals surface area contributed by atoms with Gasteiger partial charge in [0, 0.05) is 18.4 Å². The third-order valence-electron chi connectivity index (χ3n) is 5.26. The highest BCUT2D eigenvalue weighted by molar-refractivity contribution is 5.92. The molecule has 2 aromatic heterocycles. The van der Waals surface area contributed by atoms with Crippen LogP contribution >= 0.6 is 0 Å². The van der Waals surface area contributed by atoms with Crippen molar-refractivity contribution in [1.29, 1.82) is 0 Å². The van der Waals surface area contributed by atoms with E-state index in [1.54, 1.807) is 35.4 Å². The Labute approximate surface area is 183 Å². The second kappa shape index (κ2) is 9.08. The monoisotopic (exact) mass is 441 g/mol. The molecule has 32 heavy (non-hydrogen) atoms. The lowest BCUT2D eigenvalue weighted by atomic mass is 10.0. The van der Waals surface area contributed by atoms with Crippen LogP contribution in [0.2, 0.25) is 0 Å². The Morgan fingerprint density at radius 2 is 1.97 bits per heavy atom. The molecule has 1 amide bonds. The molecule has 0 bridgehead atoms. The number of hydrogen-bond acceptors (Lipinski definition) is 4. The maximum atomic E-state index is 13.0. The first-order valence-electron chi connectivity index (χ1n) is 10.2.